The van der Waals surface area contributed by atoms with Crippen molar-refractivity contribution in [3.63, 3.8) is 0 Å². The lowest BCUT2D eigenvalue weighted by atomic mass is 9.99. The van der Waals surface area contributed by atoms with E-state index in [1.807, 2.05) is 56.3 Å². The summed E-state index contributed by atoms with van der Waals surface area (Å²) in [6, 6.07) is 16.3. The number of hydrogen-bond donors (Lipinski definition) is 0. The predicted octanol–water partition coefficient (Wildman–Crippen LogP) is 3.91. The van der Waals surface area contributed by atoms with Gasteiger partial charge in [0.15, 0.2) is 6.04 Å². The van der Waals surface area contributed by atoms with E-state index in [2.05, 4.69) is 11.4 Å². The van der Waals surface area contributed by atoms with E-state index in [9.17, 15) is 15.0 Å². The maximum atomic E-state index is 12.0. The molecule has 0 fully saturated rings. The van der Waals surface area contributed by atoms with Crippen LogP contribution in [0.2, 0.25) is 0 Å². The first-order chi connectivity index (χ1) is 12.5. The Hall–Kier alpha value is -3.20. The van der Waals surface area contributed by atoms with Crippen molar-refractivity contribution in [2.75, 3.05) is 7.11 Å². The van der Waals surface area contributed by atoms with E-state index < -0.39 is 12.0 Å². The molecule has 2 aromatic rings. The molecule has 134 valence electrons. The van der Waals surface area contributed by atoms with Gasteiger partial charge in [0, 0.05) is 0 Å². The number of carbonyl (C=O) groups excluding carboxylic acids is 1. The summed E-state index contributed by atoms with van der Waals surface area (Å²) in [5, 5.41) is 13.5. The Bertz CT molecular complexity index is 810. The third-order valence-corrected chi connectivity index (χ3v) is 4.16. The monoisotopic (exact) mass is 351 g/mol. The highest BCUT2D eigenvalue weighted by Crippen LogP contribution is 2.24. The van der Waals surface area contributed by atoms with Gasteiger partial charge in [0.25, 0.3) is 0 Å². The van der Waals surface area contributed by atoms with Crippen LogP contribution in [0.25, 0.3) is 11.1 Å². The van der Waals surface area contributed by atoms with Crippen molar-refractivity contribution in [2.24, 2.45) is 11.2 Å². The minimum Gasteiger partial charge on any atom is -0.467 e. The van der Waals surface area contributed by atoms with Crippen LogP contribution in [0.3, 0.4) is 0 Å². The highest BCUT2D eigenvalue weighted by molar-refractivity contribution is 5.76. The van der Waals surface area contributed by atoms with Gasteiger partial charge in [-0.1, -0.05) is 56.3 Å². The lowest BCUT2D eigenvalue weighted by molar-refractivity contribution is -0.149. The highest BCUT2D eigenvalue weighted by atomic mass is 16.5. The molecule has 0 heterocycles. The number of nitriles is 1. The molecule has 6 nitrogen and oxygen atoms in total. The second-order valence-electron chi connectivity index (χ2n) is 6.25. The Morgan fingerprint density at radius 3 is 2.38 bits per heavy atom. The zero-order valence-corrected chi connectivity index (χ0v) is 15.0. The molecule has 6 heteroatoms. The van der Waals surface area contributed by atoms with Gasteiger partial charge in [-0.15, -0.1) is 4.91 Å². The third-order valence-electron chi connectivity index (χ3n) is 4.16. The van der Waals surface area contributed by atoms with Crippen LogP contribution in [-0.2, 0) is 16.1 Å². The highest BCUT2D eigenvalue weighted by Gasteiger charge is 2.30. The molecule has 0 bridgehead atoms. The molecule has 0 aliphatic heterocycles. The van der Waals surface area contributed by atoms with Crippen molar-refractivity contribution in [3.8, 4) is 17.2 Å². The average molecular weight is 351 g/mol. The molecule has 0 spiro atoms. The lowest BCUT2D eigenvalue weighted by Gasteiger charge is -2.27. The fourth-order valence-corrected chi connectivity index (χ4v) is 2.85. The molecule has 0 N–H and O–H groups in total. The molecule has 0 aliphatic carbocycles. The van der Waals surface area contributed by atoms with Crippen molar-refractivity contribution in [1.82, 2.24) is 5.01 Å². The van der Waals surface area contributed by atoms with Crippen LogP contribution in [0.5, 0.6) is 0 Å². The molecule has 2 rings (SSSR count). The topological polar surface area (TPSA) is 82.8 Å². The minimum absolute atomic E-state index is 0.123. The molecular formula is C20H21N3O3. The second-order valence-corrected chi connectivity index (χ2v) is 6.25. The smallest absolute Gasteiger partial charge is 0.330 e. The molecule has 0 saturated heterocycles. The van der Waals surface area contributed by atoms with Gasteiger partial charge in [-0.2, -0.15) is 5.26 Å². The third kappa shape index (κ3) is 4.25. The van der Waals surface area contributed by atoms with E-state index in [0.29, 0.717) is 5.56 Å². The fourth-order valence-electron chi connectivity index (χ4n) is 2.85. The van der Waals surface area contributed by atoms with Crippen LogP contribution in [0, 0.1) is 22.2 Å². The molecule has 0 saturated carbocycles. The van der Waals surface area contributed by atoms with Crippen LogP contribution < -0.4 is 0 Å². The number of methoxy groups -OCH3 is 1. The standard InChI is InChI=1S/C20H21N3O3/c1-14(2)19(20(24)26-3)23(22-25)13-15-8-10-16(11-9-15)18-7-5-4-6-17(18)12-21/h4-11,14,19H,13H2,1-3H3. The van der Waals surface area contributed by atoms with E-state index in [-0.39, 0.29) is 12.5 Å². The zero-order valence-electron chi connectivity index (χ0n) is 15.0. The zero-order chi connectivity index (χ0) is 19.1. The molecule has 0 aliphatic rings. The first-order valence-corrected chi connectivity index (χ1v) is 8.28. The Kier molecular flexibility index (Phi) is 6.45. The summed E-state index contributed by atoms with van der Waals surface area (Å²) in [6.07, 6.45) is 0. The summed E-state index contributed by atoms with van der Waals surface area (Å²) >= 11 is 0. The number of nitroso groups, excluding NO2 is 1. The number of nitrogens with zero attached hydrogens (tertiary/aromatic N) is 3. The maximum Gasteiger partial charge on any atom is 0.330 e. The van der Waals surface area contributed by atoms with Crippen LogP contribution in [-0.4, -0.2) is 24.1 Å². The van der Waals surface area contributed by atoms with Crippen molar-refractivity contribution < 1.29 is 9.53 Å². The molecule has 0 aromatic heterocycles. The number of rotatable bonds is 7. The summed E-state index contributed by atoms with van der Waals surface area (Å²) in [5.74, 6) is -0.610. The van der Waals surface area contributed by atoms with Crippen LogP contribution in [0.15, 0.2) is 53.8 Å². The maximum absolute atomic E-state index is 12.0. The number of hydrogen-bond acceptors (Lipinski definition) is 5. The molecular weight excluding hydrogens is 330 g/mol. The normalized spacial score (nSPS) is 11.5. The quantitative estimate of drug-likeness (QED) is 0.429. The summed E-state index contributed by atoms with van der Waals surface area (Å²) < 4.78 is 4.79. The van der Waals surface area contributed by atoms with Crippen molar-refractivity contribution in [3.05, 3.63) is 64.6 Å². The van der Waals surface area contributed by atoms with E-state index in [4.69, 9.17) is 4.74 Å². The molecule has 2 aromatic carbocycles. The van der Waals surface area contributed by atoms with E-state index >= 15 is 0 Å². The van der Waals surface area contributed by atoms with Crippen LogP contribution in [0.4, 0.5) is 0 Å². The Morgan fingerprint density at radius 1 is 1.19 bits per heavy atom. The first-order valence-electron chi connectivity index (χ1n) is 8.28. The molecule has 0 radical (unpaired) electrons. The van der Waals surface area contributed by atoms with Crippen molar-refractivity contribution >= 4 is 5.97 Å². The Labute approximate surface area is 153 Å². The SMILES string of the molecule is COC(=O)C(C(C)C)N(Cc1ccc(-c2ccccc2C#N)cc1)N=O. The first kappa shape index (κ1) is 19.1. The minimum atomic E-state index is -0.739. The van der Waals surface area contributed by atoms with E-state index in [0.717, 1.165) is 16.7 Å². The van der Waals surface area contributed by atoms with Gasteiger partial charge < -0.3 is 4.74 Å². The van der Waals surface area contributed by atoms with E-state index in [1.54, 1.807) is 6.07 Å². The molecule has 0 amide bonds. The number of ether oxygens (including phenoxy) is 1. The predicted molar refractivity (Wildman–Crippen MR) is 98.6 cm³/mol. The molecule has 1 unspecified atom stereocenters. The summed E-state index contributed by atoms with van der Waals surface area (Å²) in [4.78, 5) is 23.2. The Morgan fingerprint density at radius 2 is 1.85 bits per heavy atom. The van der Waals surface area contributed by atoms with Gasteiger partial charge >= 0.3 is 5.97 Å². The second kappa shape index (κ2) is 8.77. The average Bonchev–Trinajstić information content (AvgIpc) is 2.67. The molecule has 26 heavy (non-hydrogen) atoms. The summed E-state index contributed by atoms with van der Waals surface area (Å²) in [7, 11) is 1.29. The fraction of sp³-hybridized carbons (Fsp3) is 0.300. The van der Waals surface area contributed by atoms with E-state index in [1.165, 1.54) is 12.1 Å². The lowest BCUT2D eigenvalue weighted by Crippen LogP contribution is -2.41. The van der Waals surface area contributed by atoms with Crippen LogP contribution in [0.1, 0.15) is 25.0 Å². The number of benzene rings is 2. The van der Waals surface area contributed by atoms with Crippen molar-refractivity contribution in [2.45, 2.75) is 26.4 Å². The van der Waals surface area contributed by atoms with Gasteiger partial charge in [0.1, 0.15) is 0 Å². The summed E-state index contributed by atoms with van der Waals surface area (Å²) in [5.41, 5.74) is 3.19. The van der Waals surface area contributed by atoms with Gasteiger partial charge in [0.2, 0.25) is 0 Å². The number of esters is 1. The largest absolute Gasteiger partial charge is 0.467 e. The van der Waals surface area contributed by atoms with Gasteiger partial charge in [-0.25, -0.2) is 9.80 Å². The van der Waals surface area contributed by atoms with Gasteiger partial charge in [-0.3, -0.25) is 0 Å². The van der Waals surface area contributed by atoms with Crippen LogP contribution >= 0.6 is 0 Å². The Balaban J connectivity index is 2.23. The summed E-state index contributed by atoms with van der Waals surface area (Å²) in [6.45, 7) is 3.87. The number of carbonyl (C=O) groups is 1. The molecule has 1 atom stereocenters. The van der Waals surface area contributed by atoms with Gasteiger partial charge in [0.05, 0.1) is 30.6 Å². The van der Waals surface area contributed by atoms with Crippen molar-refractivity contribution in [1.29, 1.82) is 5.26 Å². The van der Waals surface area contributed by atoms with Gasteiger partial charge in [-0.05, 0) is 28.7 Å².